The number of morpholine rings is 1. The maximum absolute atomic E-state index is 12.5. The van der Waals surface area contributed by atoms with Crippen LogP contribution >= 0.6 is 0 Å². The van der Waals surface area contributed by atoms with Gasteiger partial charge in [0.05, 0.1) is 31.6 Å². The van der Waals surface area contributed by atoms with Gasteiger partial charge in [0.1, 0.15) is 0 Å². The van der Waals surface area contributed by atoms with Crippen LogP contribution in [-0.4, -0.2) is 45.3 Å². The summed E-state index contributed by atoms with van der Waals surface area (Å²) in [6, 6.07) is 12.8. The highest BCUT2D eigenvalue weighted by molar-refractivity contribution is 6.05. The Bertz CT molecular complexity index is 811. The highest BCUT2D eigenvalue weighted by Gasteiger charge is 2.20. The summed E-state index contributed by atoms with van der Waals surface area (Å²) >= 11 is 0. The summed E-state index contributed by atoms with van der Waals surface area (Å²) in [5.41, 5.74) is 3.52. The van der Waals surface area contributed by atoms with E-state index in [1.54, 1.807) is 24.3 Å². The Balaban J connectivity index is 1.82. The fraction of sp³-hybridized carbons (Fsp3) is 0.333. The lowest BCUT2D eigenvalue weighted by atomic mass is 10.1. The van der Waals surface area contributed by atoms with Crippen LogP contribution < -0.4 is 10.2 Å². The van der Waals surface area contributed by atoms with Gasteiger partial charge in [-0.2, -0.15) is 0 Å². The first-order valence-corrected chi connectivity index (χ1v) is 9.07. The molecule has 0 saturated carbocycles. The number of hydrogen-bond donors (Lipinski definition) is 1. The normalized spacial score (nSPS) is 13.9. The van der Waals surface area contributed by atoms with Crippen molar-refractivity contribution in [1.29, 1.82) is 0 Å². The molecule has 1 fully saturated rings. The Morgan fingerprint density at radius 1 is 1.11 bits per heavy atom. The van der Waals surface area contributed by atoms with E-state index in [0.717, 1.165) is 12.1 Å². The zero-order chi connectivity index (χ0) is 19.2. The lowest BCUT2D eigenvalue weighted by molar-refractivity contribution is 0.0600. The van der Waals surface area contributed by atoms with Gasteiger partial charge in [-0.1, -0.05) is 19.1 Å². The molecule has 3 rings (SSSR count). The second-order valence-corrected chi connectivity index (χ2v) is 6.33. The number of carbonyl (C=O) groups excluding carboxylic acids is 2. The Hall–Kier alpha value is -2.86. The van der Waals surface area contributed by atoms with E-state index < -0.39 is 5.97 Å². The largest absolute Gasteiger partial charge is 0.465 e. The van der Waals surface area contributed by atoms with E-state index >= 15 is 0 Å². The van der Waals surface area contributed by atoms with Gasteiger partial charge in [-0.3, -0.25) is 4.79 Å². The van der Waals surface area contributed by atoms with Crippen molar-refractivity contribution in [2.75, 3.05) is 43.6 Å². The summed E-state index contributed by atoms with van der Waals surface area (Å²) in [5.74, 6) is -0.646. The zero-order valence-electron chi connectivity index (χ0n) is 15.7. The number of hydrogen-bond acceptors (Lipinski definition) is 5. The molecule has 1 aliphatic rings. The van der Waals surface area contributed by atoms with E-state index in [2.05, 4.69) is 17.1 Å². The standard InChI is InChI=1S/C21H24N2O4/c1-3-15-4-6-16(7-5-15)20(24)22-17-8-9-19(18(14-17)21(25)26-2)23-10-12-27-13-11-23/h4-9,14H,3,10-13H2,1-2H3,(H,22,24). The van der Waals surface area contributed by atoms with Crippen molar-refractivity contribution in [2.45, 2.75) is 13.3 Å². The molecule has 1 heterocycles. The number of nitrogens with zero attached hydrogens (tertiary/aromatic N) is 1. The van der Waals surface area contributed by atoms with E-state index in [0.29, 0.717) is 43.1 Å². The number of esters is 1. The molecule has 1 amide bonds. The van der Waals surface area contributed by atoms with Gasteiger partial charge < -0.3 is 19.7 Å². The number of carbonyl (C=O) groups is 2. The predicted octanol–water partition coefficient (Wildman–Crippen LogP) is 3.12. The molecule has 2 aromatic carbocycles. The third-order valence-electron chi connectivity index (χ3n) is 4.64. The number of aryl methyl sites for hydroxylation is 1. The topological polar surface area (TPSA) is 67.9 Å². The molecule has 2 aromatic rings. The zero-order valence-corrected chi connectivity index (χ0v) is 15.7. The maximum atomic E-state index is 12.5. The molecular formula is C21H24N2O4. The molecule has 6 heteroatoms. The summed E-state index contributed by atoms with van der Waals surface area (Å²) in [6.45, 7) is 4.72. The van der Waals surface area contributed by atoms with Crippen molar-refractivity contribution in [3.05, 3.63) is 59.2 Å². The van der Waals surface area contributed by atoms with Crippen LogP contribution in [0.15, 0.2) is 42.5 Å². The minimum absolute atomic E-state index is 0.215. The predicted molar refractivity (Wildman–Crippen MR) is 105 cm³/mol. The molecule has 1 aliphatic heterocycles. The summed E-state index contributed by atoms with van der Waals surface area (Å²) in [4.78, 5) is 26.8. The number of anilines is 2. The monoisotopic (exact) mass is 368 g/mol. The molecule has 1 N–H and O–H groups in total. The van der Waals surface area contributed by atoms with E-state index in [-0.39, 0.29) is 5.91 Å². The highest BCUT2D eigenvalue weighted by Crippen LogP contribution is 2.26. The molecular weight excluding hydrogens is 344 g/mol. The number of ether oxygens (including phenoxy) is 2. The van der Waals surface area contributed by atoms with E-state index in [4.69, 9.17) is 9.47 Å². The fourth-order valence-corrected chi connectivity index (χ4v) is 3.06. The van der Waals surface area contributed by atoms with Gasteiger partial charge in [0, 0.05) is 24.3 Å². The van der Waals surface area contributed by atoms with Crippen LogP contribution in [0.2, 0.25) is 0 Å². The van der Waals surface area contributed by atoms with Crippen molar-refractivity contribution in [2.24, 2.45) is 0 Å². The summed E-state index contributed by atoms with van der Waals surface area (Å²) in [7, 11) is 1.35. The van der Waals surface area contributed by atoms with Gasteiger partial charge in [0.15, 0.2) is 0 Å². The van der Waals surface area contributed by atoms with E-state index in [1.165, 1.54) is 12.7 Å². The first-order valence-electron chi connectivity index (χ1n) is 9.07. The summed E-state index contributed by atoms with van der Waals surface area (Å²) in [5, 5.41) is 2.86. The Labute approximate surface area is 159 Å². The number of nitrogens with one attached hydrogen (secondary N) is 1. The maximum Gasteiger partial charge on any atom is 0.340 e. The minimum atomic E-state index is -0.431. The molecule has 0 aliphatic carbocycles. The molecule has 0 aromatic heterocycles. The van der Waals surface area contributed by atoms with Crippen LogP contribution in [0.25, 0.3) is 0 Å². The van der Waals surface area contributed by atoms with Gasteiger partial charge in [0.2, 0.25) is 0 Å². The van der Waals surface area contributed by atoms with Gasteiger partial charge in [-0.05, 0) is 42.3 Å². The number of rotatable bonds is 5. The van der Waals surface area contributed by atoms with Gasteiger partial charge in [0.25, 0.3) is 5.91 Å². The van der Waals surface area contributed by atoms with Gasteiger partial charge in [-0.15, -0.1) is 0 Å². The molecule has 0 unspecified atom stereocenters. The quantitative estimate of drug-likeness (QED) is 0.822. The lowest BCUT2D eigenvalue weighted by Crippen LogP contribution is -2.37. The second-order valence-electron chi connectivity index (χ2n) is 6.33. The SMILES string of the molecule is CCc1ccc(C(=O)Nc2ccc(N3CCOCC3)c(C(=O)OC)c2)cc1. The first kappa shape index (κ1) is 18.9. The average molecular weight is 368 g/mol. The van der Waals surface area contributed by atoms with Crippen molar-refractivity contribution in [1.82, 2.24) is 0 Å². The molecule has 0 spiro atoms. The first-order chi connectivity index (χ1) is 13.1. The molecule has 0 atom stereocenters. The molecule has 0 radical (unpaired) electrons. The Kier molecular flexibility index (Phi) is 6.08. The minimum Gasteiger partial charge on any atom is -0.465 e. The molecule has 6 nitrogen and oxygen atoms in total. The van der Waals surface area contributed by atoms with Crippen molar-refractivity contribution in [3.8, 4) is 0 Å². The van der Waals surface area contributed by atoms with Gasteiger partial charge in [-0.25, -0.2) is 4.79 Å². The van der Waals surface area contributed by atoms with E-state index in [9.17, 15) is 9.59 Å². The summed E-state index contributed by atoms with van der Waals surface area (Å²) in [6.07, 6.45) is 0.924. The number of methoxy groups -OCH3 is 1. The third-order valence-corrected chi connectivity index (χ3v) is 4.64. The van der Waals surface area contributed by atoms with Crippen LogP contribution in [-0.2, 0) is 15.9 Å². The second kappa shape index (κ2) is 8.68. The fourth-order valence-electron chi connectivity index (χ4n) is 3.06. The smallest absolute Gasteiger partial charge is 0.340 e. The Morgan fingerprint density at radius 2 is 1.81 bits per heavy atom. The van der Waals surface area contributed by atoms with Crippen molar-refractivity contribution < 1.29 is 19.1 Å². The van der Waals surface area contributed by atoms with E-state index in [1.807, 2.05) is 18.2 Å². The molecule has 27 heavy (non-hydrogen) atoms. The van der Waals surface area contributed by atoms with Crippen LogP contribution in [0.3, 0.4) is 0 Å². The number of amides is 1. The Morgan fingerprint density at radius 3 is 2.44 bits per heavy atom. The van der Waals surface area contributed by atoms with Crippen molar-refractivity contribution in [3.63, 3.8) is 0 Å². The summed E-state index contributed by atoms with van der Waals surface area (Å²) < 4.78 is 10.3. The molecule has 1 saturated heterocycles. The van der Waals surface area contributed by atoms with Crippen LogP contribution in [0.5, 0.6) is 0 Å². The lowest BCUT2D eigenvalue weighted by Gasteiger charge is -2.30. The van der Waals surface area contributed by atoms with Crippen LogP contribution in [0.1, 0.15) is 33.2 Å². The van der Waals surface area contributed by atoms with Gasteiger partial charge >= 0.3 is 5.97 Å². The third kappa shape index (κ3) is 4.46. The molecule has 142 valence electrons. The average Bonchev–Trinajstić information content (AvgIpc) is 2.73. The highest BCUT2D eigenvalue weighted by atomic mass is 16.5. The van der Waals surface area contributed by atoms with Crippen LogP contribution in [0.4, 0.5) is 11.4 Å². The van der Waals surface area contributed by atoms with Crippen molar-refractivity contribution >= 4 is 23.3 Å². The van der Waals surface area contributed by atoms with Crippen LogP contribution in [0, 0.1) is 0 Å². The number of benzene rings is 2. The molecule has 0 bridgehead atoms.